The van der Waals surface area contributed by atoms with Crippen molar-refractivity contribution in [2.75, 3.05) is 13.7 Å². The van der Waals surface area contributed by atoms with Crippen LogP contribution in [0.2, 0.25) is 0 Å². The Kier molecular flexibility index (Phi) is 5.84. The molecule has 0 heterocycles. The highest BCUT2D eigenvalue weighted by Crippen LogP contribution is 2.28. The van der Waals surface area contributed by atoms with Crippen molar-refractivity contribution in [2.45, 2.75) is 25.4 Å². The van der Waals surface area contributed by atoms with Crippen LogP contribution in [0.3, 0.4) is 0 Å². The van der Waals surface area contributed by atoms with Gasteiger partial charge in [-0.25, -0.2) is 0 Å². The van der Waals surface area contributed by atoms with Gasteiger partial charge in [-0.15, -0.1) is 18.8 Å². The molecule has 1 aromatic rings. The van der Waals surface area contributed by atoms with Crippen LogP contribution in [0, 0.1) is 12.3 Å². The predicted octanol–water partition coefficient (Wildman–Crippen LogP) is 2.38. The lowest BCUT2D eigenvalue weighted by molar-refractivity contribution is 0.330. The van der Waals surface area contributed by atoms with Gasteiger partial charge in [0.05, 0.1) is 7.11 Å². The van der Waals surface area contributed by atoms with Gasteiger partial charge in [0.2, 0.25) is 0 Å². The van der Waals surface area contributed by atoms with E-state index < -0.39 is 0 Å². The summed E-state index contributed by atoms with van der Waals surface area (Å²) >= 11 is 0. The zero-order chi connectivity index (χ0) is 12.1. The summed E-state index contributed by atoms with van der Waals surface area (Å²) in [4.78, 5) is 0. The largest absolute Gasteiger partial charge is 0.493 e. The van der Waals surface area contributed by atoms with E-state index in [-0.39, 0.29) is 19.0 Å². The second kappa shape index (κ2) is 7.15. The highest BCUT2D eigenvalue weighted by molar-refractivity contribution is 5.85. The molecule has 0 atom stereocenters. The molecule has 1 aliphatic rings. The van der Waals surface area contributed by atoms with Gasteiger partial charge in [-0.2, -0.15) is 0 Å². The molecule has 1 N–H and O–H groups in total. The molecule has 1 fully saturated rings. The first-order valence-corrected chi connectivity index (χ1v) is 5.80. The summed E-state index contributed by atoms with van der Waals surface area (Å²) in [5.74, 6) is 3.87. The lowest BCUT2D eigenvalue weighted by Crippen LogP contribution is -2.15. The number of terminal acetylenes is 1. The number of halogens is 1. The highest BCUT2D eigenvalue weighted by atomic mass is 35.5. The van der Waals surface area contributed by atoms with Crippen LogP contribution in [-0.4, -0.2) is 19.8 Å². The van der Waals surface area contributed by atoms with E-state index in [9.17, 15) is 0 Å². The van der Waals surface area contributed by atoms with Gasteiger partial charge in [0, 0.05) is 12.6 Å². The molecule has 1 aromatic carbocycles. The number of benzene rings is 1. The number of hydrogen-bond donors (Lipinski definition) is 1. The Bertz CT molecular complexity index is 424. The molecule has 98 valence electrons. The molecule has 1 aliphatic carbocycles. The lowest BCUT2D eigenvalue weighted by Gasteiger charge is -2.11. The molecule has 0 aromatic heterocycles. The highest BCUT2D eigenvalue weighted by Gasteiger charge is 2.20. The van der Waals surface area contributed by atoms with E-state index in [4.69, 9.17) is 15.9 Å². The van der Waals surface area contributed by atoms with Gasteiger partial charge in [-0.3, -0.25) is 0 Å². The summed E-state index contributed by atoms with van der Waals surface area (Å²) in [5, 5.41) is 3.46. The van der Waals surface area contributed by atoms with Crippen molar-refractivity contribution in [1.29, 1.82) is 0 Å². The molecule has 2 rings (SSSR count). The molecule has 0 spiro atoms. The third-order valence-corrected chi connectivity index (χ3v) is 2.71. The minimum absolute atomic E-state index is 0. The normalized spacial score (nSPS) is 13.3. The van der Waals surface area contributed by atoms with Gasteiger partial charge >= 0.3 is 0 Å². The Morgan fingerprint density at radius 2 is 2.17 bits per heavy atom. The molecule has 1 saturated carbocycles. The molecule has 0 unspecified atom stereocenters. The third-order valence-electron chi connectivity index (χ3n) is 2.71. The van der Waals surface area contributed by atoms with Crippen molar-refractivity contribution < 1.29 is 9.47 Å². The van der Waals surface area contributed by atoms with Crippen LogP contribution in [-0.2, 0) is 6.54 Å². The predicted molar refractivity (Wildman–Crippen MR) is 74.4 cm³/mol. The minimum Gasteiger partial charge on any atom is -0.493 e. The quantitative estimate of drug-likeness (QED) is 0.803. The minimum atomic E-state index is 0. The maximum Gasteiger partial charge on any atom is 0.162 e. The van der Waals surface area contributed by atoms with E-state index in [1.54, 1.807) is 7.11 Å². The molecule has 0 saturated heterocycles. The van der Waals surface area contributed by atoms with Gasteiger partial charge in [0.1, 0.15) is 6.61 Å². The van der Waals surface area contributed by atoms with Crippen molar-refractivity contribution in [3.05, 3.63) is 23.8 Å². The molecule has 3 nitrogen and oxygen atoms in total. The fourth-order valence-corrected chi connectivity index (χ4v) is 1.61. The maximum atomic E-state index is 5.39. The number of nitrogens with one attached hydrogen (secondary N) is 1. The van der Waals surface area contributed by atoms with Crippen molar-refractivity contribution in [3.8, 4) is 23.8 Å². The summed E-state index contributed by atoms with van der Waals surface area (Å²) in [6, 6.07) is 6.63. The van der Waals surface area contributed by atoms with Crippen molar-refractivity contribution >= 4 is 12.4 Å². The van der Waals surface area contributed by atoms with E-state index in [1.165, 1.54) is 18.4 Å². The zero-order valence-corrected chi connectivity index (χ0v) is 11.3. The van der Waals surface area contributed by atoms with E-state index in [1.807, 2.05) is 18.2 Å². The van der Waals surface area contributed by atoms with E-state index >= 15 is 0 Å². The van der Waals surface area contributed by atoms with E-state index in [0.29, 0.717) is 11.8 Å². The molecular weight excluding hydrogens is 250 g/mol. The Morgan fingerprint density at radius 1 is 1.39 bits per heavy atom. The molecular formula is C14H18ClNO2. The Balaban J connectivity index is 0.00000162. The van der Waals surface area contributed by atoms with Crippen LogP contribution in [0.25, 0.3) is 0 Å². The molecule has 0 amide bonds. The third kappa shape index (κ3) is 4.14. The van der Waals surface area contributed by atoms with Crippen LogP contribution in [0.4, 0.5) is 0 Å². The molecule has 0 aliphatic heterocycles. The summed E-state index contributed by atoms with van der Waals surface area (Å²) in [6.45, 7) is 1.13. The summed E-state index contributed by atoms with van der Waals surface area (Å²) in [6.07, 6.45) is 7.74. The number of ether oxygens (including phenoxy) is 2. The fraction of sp³-hybridized carbons (Fsp3) is 0.429. The van der Waals surface area contributed by atoms with Crippen LogP contribution >= 0.6 is 12.4 Å². The summed E-state index contributed by atoms with van der Waals surface area (Å²) in [7, 11) is 1.64. The second-order valence-corrected chi connectivity index (χ2v) is 4.13. The first-order chi connectivity index (χ1) is 8.33. The molecule has 4 heteroatoms. The van der Waals surface area contributed by atoms with Crippen molar-refractivity contribution in [1.82, 2.24) is 5.32 Å². The van der Waals surface area contributed by atoms with Crippen LogP contribution in [0.5, 0.6) is 11.5 Å². The van der Waals surface area contributed by atoms with Crippen molar-refractivity contribution in [3.63, 3.8) is 0 Å². The van der Waals surface area contributed by atoms with E-state index in [2.05, 4.69) is 11.2 Å². The van der Waals surface area contributed by atoms with Gasteiger partial charge in [0.25, 0.3) is 0 Å². The van der Waals surface area contributed by atoms with Gasteiger partial charge in [0.15, 0.2) is 11.5 Å². The Labute approximate surface area is 114 Å². The average molecular weight is 268 g/mol. The average Bonchev–Trinajstić information content (AvgIpc) is 3.18. The Hall–Kier alpha value is -1.37. The standard InChI is InChI=1S/C14H17NO2.ClH/c1-3-8-17-13-7-4-11(9-14(13)16-2)10-15-12-5-6-12;/h1,4,7,9,12,15H,5-6,8,10H2,2H3;1H. The van der Waals surface area contributed by atoms with Gasteiger partial charge in [-0.1, -0.05) is 12.0 Å². The van der Waals surface area contributed by atoms with Crippen molar-refractivity contribution in [2.24, 2.45) is 0 Å². The van der Waals surface area contributed by atoms with E-state index in [0.717, 1.165) is 12.3 Å². The SMILES string of the molecule is C#CCOc1ccc(CNC2CC2)cc1OC.Cl. The summed E-state index contributed by atoms with van der Waals surface area (Å²) < 4.78 is 10.7. The van der Waals surface area contributed by atoms with Crippen LogP contribution in [0.1, 0.15) is 18.4 Å². The Morgan fingerprint density at radius 3 is 2.78 bits per heavy atom. The van der Waals surface area contributed by atoms with Crippen LogP contribution in [0.15, 0.2) is 18.2 Å². The number of methoxy groups -OCH3 is 1. The van der Waals surface area contributed by atoms with Gasteiger partial charge < -0.3 is 14.8 Å². The number of hydrogen-bond acceptors (Lipinski definition) is 3. The fourth-order valence-electron chi connectivity index (χ4n) is 1.61. The molecule has 0 bridgehead atoms. The lowest BCUT2D eigenvalue weighted by atomic mass is 10.2. The summed E-state index contributed by atoms with van der Waals surface area (Å²) in [5.41, 5.74) is 1.20. The zero-order valence-electron chi connectivity index (χ0n) is 10.4. The topological polar surface area (TPSA) is 30.5 Å². The monoisotopic (exact) mass is 267 g/mol. The first-order valence-electron chi connectivity index (χ1n) is 5.80. The van der Waals surface area contributed by atoms with Gasteiger partial charge in [-0.05, 0) is 30.5 Å². The maximum absolute atomic E-state index is 5.39. The second-order valence-electron chi connectivity index (χ2n) is 4.13. The molecule has 18 heavy (non-hydrogen) atoms. The molecule has 0 radical (unpaired) electrons. The smallest absolute Gasteiger partial charge is 0.162 e. The first kappa shape index (κ1) is 14.7. The number of rotatable bonds is 6. The van der Waals surface area contributed by atoms with Crippen LogP contribution < -0.4 is 14.8 Å².